The molecule has 3 rings (SSSR count). The molecule has 0 bridgehead atoms. The van der Waals surface area contributed by atoms with Gasteiger partial charge in [0, 0.05) is 22.3 Å². The van der Waals surface area contributed by atoms with Crippen LogP contribution in [0.1, 0.15) is 48.9 Å². The fraction of sp³-hybridized carbons (Fsp3) is 0.381. The number of rotatable bonds is 5. The minimum Gasteiger partial charge on any atom is -0.325 e. The van der Waals surface area contributed by atoms with Crippen molar-refractivity contribution in [3.05, 3.63) is 51.6 Å². The number of nitriles is 1. The van der Waals surface area contributed by atoms with E-state index in [2.05, 4.69) is 27.3 Å². The summed E-state index contributed by atoms with van der Waals surface area (Å²) in [5, 5.41) is 13.2. The molecule has 0 aliphatic heterocycles. The van der Waals surface area contributed by atoms with Crippen molar-refractivity contribution in [1.29, 1.82) is 5.26 Å². The molecule has 0 saturated carbocycles. The first-order valence-electron chi connectivity index (χ1n) is 9.27. The minimum absolute atomic E-state index is 0.0424. The summed E-state index contributed by atoms with van der Waals surface area (Å²) in [6, 6.07) is 11.8. The molecule has 1 aliphatic rings. The van der Waals surface area contributed by atoms with E-state index in [0.717, 1.165) is 40.1 Å². The number of aromatic nitrogens is 1. The van der Waals surface area contributed by atoms with Gasteiger partial charge < -0.3 is 5.32 Å². The van der Waals surface area contributed by atoms with Crippen molar-refractivity contribution in [2.45, 2.75) is 50.0 Å². The third-order valence-corrected chi connectivity index (χ3v) is 6.29. The monoisotopic (exact) mass is 443 g/mol. The van der Waals surface area contributed by atoms with E-state index in [4.69, 9.17) is 4.98 Å². The number of carbonyl (C=O) groups is 1. The Balaban J connectivity index is 1.62. The molecule has 1 N–H and O–H groups in total. The van der Waals surface area contributed by atoms with Crippen LogP contribution in [0.2, 0.25) is 0 Å². The van der Waals surface area contributed by atoms with Gasteiger partial charge in [0.05, 0.1) is 11.3 Å². The number of pyridine rings is 1. The second kappa shape index (κ2) is 9.91. The number of thioether (sulfide) groups is 1. The average molecular weight is 444 g/mol. The zero-order chi connectivity index (χ0) is 19.1. The van der Waals surface area contributed by atoms with E-state index in [1.165, 1.54) is 36.6 Å². The number of nitrogens with one attached hydrogen (secondary N) is 1. The second-order valence-electron chi connectivity index (χ2n) is 6.60. The topological polar surface area (TPSA) is 65.8 Å². The summed E-state index contributed by atoms with van der Waals surface area (Å²) in [5.41, 5.74) is 3.76. The van der Waals surface area contributed by atoms with E-state index in [1.54, 1.807) is 0 Å². The van der Waals surface area contributed by atoms with Crippen LogP contribution in [0.3, 0.4) is 0 Å². The second-order valence-corrected chi connectivity index (χ2v) is 8.54. The van der Waals surface area contributed by atoms with E-state index in [1.807, 2.05) is 30.3 Å². The van der Waals surface area contributed by atoms with E-state index >= 15 is 0 Å². The van der Waals surface area contributed by atoms with Crippen LogP contribution in [0, 0.1) is 11.3 Å². The molecule has 1 aromatic carbocycles. The summed E-state index contributed by atoms with van der Waals surface area (Å²) >= 11 is 4.92. The van der Waals surface area contributed by atoms with Crippen molar-refractivity contribution in [3.63, 3.8) is 0 Å². The normalized spacial score (nSPS) is 13.8. The number of hydrogen-bond acceptors (Lipinski definition) is 4. The van der Waals surface area contributed by atoms with Crippen molar-refractivity contribution < 1.29 is 4.79 Å². The highest BCUT2D eigenvalue weighted by atomic mass is 79.9. The zero-order valence-corrected chi connectivity index (χ0v) is 17.5. The zero-order valence-electron chi connectivity index (χ0n) is 15.1. The summed E-state index contributed by atoms with van der Waals surface area (Å²) in [5.74, 6) is 0.552. The molecule has 0 spiro atoms. The Labute approximate surface area is 172 Å². The predicted octanol–water partition coefficient (Wildman–Crippen LogP) is 5.50. The molecule has 0 fully saturated rings. The Morgan fingerprint density at radius 3 is 2.78 bits per heavy atom. The van der Waals surface area contributed by atoms with Crippen molar-refractivity contribution in [2.24, 2.45) is 0 Å². The number of para-hydroxylation sites is 1. The molecule has 2 aromatic rings. The van der Waals surface area contributed by atoms with Crippen LogP contribution in [-0.2, 0) is 17.6 Å². The fourth-order valence-electron chi connectivity index (χ4n) is 3.17. The number of nitrogens with zero attached hydrogens (tertiary/aromatic N) is 2. The molecule has 1 amide bonds. The van der Waals surface area contributed by atoms with Gasteiger partial charge in [0.25, 0.3) is 0 Å². The Bertz CT molecular complexity index is 863. The van der Waals surface area contributed by atoms with Gasteiger partial charge in [-0.05, 0) is 65.4 Å². The van der Waals surface area contributed by atoms with Crippen LogP contribution < -0.4 is 5.32 Å². The first kappa shape index (κ1) is 19.9. The lowest BCUT2D eigenvalue weighted by Gasteiger charge is -2.15. The van der Waals surface area contributed by atoms with Crippen molar-refractivity contribution in [2.75, 3.05) is 11.1 Å². The molecular formula is C21H22BrN3OS. The molecule has 0 atom stereocenters. The number of hydrogen-bond donors (Lipinski definition) is 1. The summed E-state index contributed by atoms with van der Waals surface area (Å²) < 4.78 is 0.862. The number of carbonyl (C=O) groups excluding carboxylic acids is 1. The molecule has 0 unspecified atom stereocenters. The first-order valence-corrected chi connectivity index (χ1v) is 11.1. The molecule has 0 saturated heterocycles. The van der Waals surface area contributed by atoms with Gasteiger partial charge in [-0.2, -0.15) is 5.26 Å². The molecule has 4 nitrogen and oxygen atoms in total. The number of benzene rings is 1. The maximum atomic E-state index is 12.2. The maximum Gasteiger partial charge on any atom is 0.225 e. The predicted molar refractivity (Wildman–Crippen MR) is 113 cm³/mol. The summed E-state index contributed by atoms with van der Waals surface area (Å²) in [6.07, 6.45) is 7.19. The SMILES string of the molecule is N#Cc1cc2c(nc1SCCC(=O)Nc1ccccc1Br)CCCCCC2. The van der Waals surface area contributed by atoms with Crippen molar-refractivity contribution in [1.82, 2.24) is 4.98 Å². The van der Waals surface area contributed by atoms with Gasteiger partial charge in [-0.1, -0.05) is 25.0 Å². The third-order valence-electron chi connectivity index (χ3n) is 4.60. The van der Waals surface area contributed by atoms with Gasteiger partial charge in [-0.25, -0.2) is 4.98 Å². The van der Waals surface area contributed by atoms with Gasteiger partial charge in [0.1, 0.15) is 11.1 Å². The Morgan fingerprint density at radius 2 is 2.00 bits per heavy atom. The van der Waals surface area contributed by atoms with Crippen LogP contribution in [0.25, 0.3) is 0 Å². The minimum atomic E-state index is -0.0424. The number of fused-ring (bicyclic) bond motifs is 1. The lowest BCUT2D eigenvalue weighted by Crippen LogP contribution is -2.12. The van der Waals surface area contributed by atoms with Gasteiger partial charge in [0.15, 0.2) is 0 Å². The quantitative estimate of drug-likeness (QED) is 0.619. The lowest BCUT2D eigenvalue weighted by molar-refractivity contribution is -0.115. The molecule has 6 heteroatoms. The standard InChI is InChI=1S/C21H22BrN3OS/c22-17-8-5-6-10-19(17)24-20(26)11-12-27-21-16(14-23)13-15-7-3-1-2-4-9-18(15)25-21/h5-6,8,10,13H,1-4,7,9,11-12H2,(H,24,26). The molecule has 1 aromatic heterocycles. The van der Waals surface area contributed by atoms with Gasteiger partial charge in [-0.3, -0.25) is 4.79 Å². The highest BCUT2D eigenvalue weighted by Gasteiger charge is 2.14. The van der Waals surface area contributed by atoms with Crippen LogP contribution in [0.5, 0.6) is 0 Å². The Morgan fingerprint density at radius 1 is 1.22 bits per heavy atom. The molecule has 0 radical (unpaired) electrons. The van der Waals surface area contributed by atoms with Crippen LogP contribution >= 0.6 is 27.7 Å². The lowest BCUT2D eigenvalue weighted by atomic mass is 9.96. The van der Waals surface area contributed by atoms with Crippen molar-refractivity contribution in [3.8, 4) is 6.07 Å². The van der Waals surface area contributed by atoms with Gasteiger partial charge >= 0.3 is 0 Å². The van der Waals surface area contributed by atoms with E-state index < -0.39 is 0 Å². The molecular weight excluding hydrogens is 422 g/mol. The van der Waals surface area contributed by atoms with E-state index in [9.17, 15) is 10.1 Å². The molecule has 140 valence electrons. The maximum absolute atomic E-state index is 12.2. The number of amides is 1. The summed E-state index contributed by atoms with van der Waals surface area (Å²) in [6.45, 7) is 0. The molecule has 1 aliphatic carbocycles. The highest BCUT2D eigenvalue weighted by molar-refractivity contribution is 9.10. The van der Waals surface area contributed by atoms with Crippen LogP contribution in [0.4, 0.5) is 5.69 Å². The molecule has 27 heavy (non-hydrogen) atoms. The number of anilines is 1. The van der Waals surface area contributed by atoms with Crippen LogP contribution in [-0.4, -0.2) is 16.6 Å². The average Bonchev–Trinajstić information content (AvgIpc) is 2.64. The van der Waals surface area contributed by atoms with E-state index in [-0.39, 0.29) is 5.91 Å². The Hall–Kier alpha value is -1.84. The van der Waals surface area contributed by atoms with Gasteiger partial charge in [-0.15, -0.1) is 11.8 Å². The summed E-state index contributed by atoms with van der Waals surface area (Å²) in [7, 11) is 0. The fourth-order valence-corrected chi connectivity index (χ4v) is 4.47. The highest BCUT2D eigenvalue weighted by Crippen LogP contribution is 2.27. The van der Waals surface area contributed by atoms with Crippen LogP contribution in [0.15, 0.2) is 39.8 Å². The Kier molecular flexibility index (Phi) is 7.31. The molecule has 1 heterocycles. The third kappa shape index (κ3) is 5.57. The number of halogens is 1. The summed E-state index contributed by atoms with van der Waals surface area (Å²) in [4.78, 5) is 17.0. The largest absolute Gasteiger partial charge is 0.325 e. The first-order chi connectivity index (χ1) is 13.2. The number of aryl methyl sites for hydroxylation is 2. The van der Waals surface area contributed by atoms with E-state index in [0.29, 0.717) is 17.7 Å². The smallest absolute Gasteiger partial charge is 0.225 e. The van der Waals surface area contributed by atoms with Crippen molar-refractivity contribution >= 4 is 39.3 Å². The van der Waals surface area contributed by atoms with Gasteiger partial charge in [0.2, 0.25) is 5.91 Å².